The molecular formula is C9H4Br2Cl2N2. The van der Waals surface area contributed by atoms with Crippen LogP contribution in [0.2, 0.25) is 10.0 Å². The fraction of sp³-hybridized carbons (Fsp3) is 0. The van der Waals surface area contributed by atoms with Gasteiger partial charge in [-0.15, -0.1) is 0 Å². The van der Waals surface area contributed by atoms with Crippen molar-refractivity contribution in [3.05, 3.63) is 43.8 Å². The fourth-order valence-corrected chi connectivity index (χ4v) is 2.77. The summed E-state index contributed by atoms with van der Waals surface area (Å²) in [6, 6.07) is 5.31. The summed E-state index contributed by atoms with van der Waals surface area (Å²) in [5.41, 5.74) is 0.825. The maximum absolute atomic E-state index is 6.08. The van der Waals surface area contributed by atoms with Crippen LogP contribution in [0.25, 0.3) is 5.69 Å². The molecule has 1 aromatic carbocycles. The van der Waals surface area contributed by atoms with Gasteiger partial charge in [0, 0.05) is 11.2 Å². The number of halogens is 4. The molecule has 0 radical (unpaired) electrons. The number of benzene rings is 1. The number of aromatic nitrogens is 2. The van der Waals surface area contributed by atoms with Gasteiger partial charge in [0.1, 0.15) is 4.60 Å². The molecule has 0 spiro atoms. The van der Waals surface area contributed by atoms with Crippen LogP contribution in [-0.4, -0.2) is 9.55 Å². The third-order valence-corrected chi connectivity index (χ3v) is 3.28. The fourth-order valence-electron chi connectivity index (χ4n) is 1.18. The Morgan fingerprint density at radius 1 is 1.20 bits per heavy atom. The van der Waals surface area contributed by atoms with Crippen molar-refractivity contribution in [3.63, 3.8) is 0 Å². The third kappa shape index (κ3) is 2.38. The van der Waals surface area contributed by atoms with Gasteiger partial charge in [0.15, 0.2) is 4.73 Å². The predicted molar refractivity (Wildman–Crippen MR) is 69.0 cm³/mol. The summed E-state index contributed by atoms with van der Waals surface area (Å²) in [6.45, 7) is 0. The van der Waals surface area contributed by atoms with Gasteiger partial charge in [0.2, 0.25) is 0 Å². The molecule has 0 atom stereocenters. The van der Waals surface area contributed by atoms with E-state index in [1.165, 1.54) is 0 Å². The van der Waals surface area contributed by atoms with E-state index in [0.717, 1.165) is 10.3 Å². The Morgan fingerprint density at radius 3 is 2.47 bits per heavy atom. The van der Waals surface area contributed by atoms with Crippen molar-refractivity contribution in [2.45, 2.75) is 0 Å². The Balaban J connectivity index is 2.59. The summed E-state index contributed by atoms with van der Waals surface area (Å²) >= 11 is 18.5. The van der Waals surface area contributed by atoms with E-state index in [4.69, 9.17) is 23.2 Å². The van der Waals surface area contributed by atoms with Gasteiger partial charge in [0.25, 0.3) is 0 Å². The van der Waals surface area contributed by atoms with E-state index >= 15 is 0 Å². The minimum absolute atomic E-state index is 0.577. The number of hydrogen-bond acceptors (Lipinski definition) is 1. The summed E-state index contributed by atoms with van der Waals surface area (Å²) in [5, 5.41) is 1.19. The average Bonchev–Trinajstić information content (AvgIpc) is 2.45. The van der Waals surface area contributed by atoms with Crippen LogP contribution in [0.1, 0.15) is 0 Å². The first-order valence-electron chi connectivity index (χ1n) is 3.94. The lowest BCUT2D eigenvalue weighted by molar-refractivity contribution is 1.01. The molecule has 0 aliphatic heterocycles. The number of hydrogen-bond donors (Lipinski definition) is 0. The van der Waals surface area contributed by atoms with Crippen LogP contribution in [0, 0.1) is 0 Å². The van der Waals surface area contributed by atoms with Crippen LogP contribution in [0.3, 0.4) is 0 Å². The molecule has 1 heterocycles. The van der Waals surface area contributed by atoms with Crippen molar-refractivity contribution in [1.82, 2.24) is 9.55 Å². The molecule has 0 amide bonds. The van der Waals surface area contributed by atoms with Crippen LogP contribution in [-0.2, 0) is 0 Å². The van der Waals surface area contributed by atoms with E-state index in [9.17, 15) is 0 Å². The van der Waals surface area contributed by atoms with Crippen LogP contribution < -0.4 is 0 Å². The minimum Gasteiger partial charge on any atom is -0.292 e. The molecule has 78 valence electrons. The van der Waals surface area contributed by atoms with E-state index < -0.39 is 0 Å². The van der Waals surface area contributed by atoms with Crippen molar-refractivity contribution in [2.24, 2.45) is 0 Å². The van der Waals surface area contributed by atoms with E-state index in [0.29, 0.717) is 14.8 Å². The van der Waals surface area contributed by atoms with Crippen LogP contribution in [0.15, 0.2) is 33.7 Å². The summed E-state index contributed by atoms with van der Waals surface area (Å²) in [6.07, 6.45) is 1.82. The topological polar surface area (TPSA) is 17.8 Å². The summed E-state index contributed by atoms with van der Waals surface area (Å²) in [7, 11) is 0. The molecule has 2 aromatic rings. The van der Waals surface area contributed by atoms with Crippen molar-refractivity contribution < 1.29 is 0 Å². The summed E-state index contributed by atoms with van der Waals surface area (Å²) < 4.78 is 3.24. The molecule has 0 fully saturated rings. The lowest BCUT2D eigenvalue weighted by atomic mass is 10.3. The van der Waals surface area contributed by atoms with Gasteiger partial charge in [-0.2, -0.15) is 0 Å². The van der Waals surface area contributed by atoms with E-state index in [1.807, 2.05) is 16.8 Å². The van der Waals surface area contributed by atoms with Crippen LogP contribution in [0.4, 0.5) is 0 Å². The first-order chi connectivity index (χ1) is 7.08. The van der Waals surface area contributed by atoms with Crippen molar-refractivity contribution in [1.29, 1.82) is 0 Å². The van der Waals surface area contributed by atoms with Crippen molar-refractivity contribution in [3.8, 4) is 5.69 Å². The largest absolute Gasteiger partial charge is 0.292 e. The minimum atomic E-state index is 0.577. The van der Waals surface area contributed by atoms with Gasteiger partial charge in [-0.3, -0.25) is 4.57 Å². The monoisotopic (exact) mass is 368 g/mol. The molecule has 0 N–H and O–H groups in total. The first-order valence-corrected chi connectivity index (χ1v) is 6.28. The molecule has 15 heavy (non-hydrogen) atoms. The zero-order valence-electron chi connectivity index (χ0n) is 7.22. The molecule has 0 bridgehead atoms. The van der Waals surface area contributed by atoms with Crippen molar-refractivity contribution in [2.75, 3.05) is 0 Å². The second kappa shape index (κ2) is 4.45. The molecule has 0 aliphatic rings. The smallest absolute Gasteiger partial charge is 0.182 e. The molecule has 6 heteroatoms. The van der Waals surface area contributed by atoms with Gasteiger partial charge < -0.3 is 0 Å². The summed E-state index contributed by atoms with van der Waals surface area (Å²) in [4.78, 5) is 4.16. The maximum atomic E-state index is 6.08. The van der Waals surface area contributed by atoms with Crippen LogP contribution in [0.5, 0.6) is 0 Å². The van der Waals surface area contributed by atoms with Crippen molar-refractivity contribution >= 4 is 55.1 Å². The Kier molecular flexibility index (Phi) is 3.40. The van der Waals surface area contributed by atoms with Gasteiger partial charge in [-0.05, 0) is 50.1 Å². The standard InChI is InChI=1S/C9H4Br2Cl2N2/c10-8-4-15(9(11)14-8)7-2-1-5(12)3-6(7)13/h1-4H. The van der Waals surface area contributed by atoms with Crippen LogP contribution >= 0.6 is 55.1 Å². The predicted octanol–water partition coefficient (Wildman–Crippen LogP) is 4.70. The lowest BCUT2D eigenvalue weighted by Crippen LogP contribution is -1.93. The average molecular weight is 371 g/mol. The Bertz CT molecular complexity index is 511. The molecule has 0 saturated heterocycles. The lowest BCUT2D eigenvalue weighted by Gasteiger charge is -2.06. The molecule has 2 nitrogen and oxygen atoms in total. The van der Waals surface area contributed by atoms with Gasteiger partial charge in [-0.1, -0.05) is 23.2 Å². The van der Waals surface area contributed by atoms with E-state index in [2.05, 4.69) is 36.8 Å². The first kappa shape index (κ1) is 11.5. The number of nitrogens with zero attached hydrogens (tertiary/aromatic N) is 2. The molecule has 2 rings (SSSR count). The summed E-state index contributed by atoms with van der Waals surface area (Å²) in [5.74, 6) is 0. The Hall–Kier alpha value is -0.0300. The molecule has 1 aromatic heterocycles. The molecular weight excluding hydrogens is 367 g/mol. The highest BCUT2D eigenvalue weighted by Crippen LogP contribution is 2.28. The second-order valence-electron chi connectivity index (χ2n) is 2.80. The third-order valence-electron chi connectivity index (χ3n) is 1.80. The highest BCUT2D eigenvalue weighted by Gasteiger charge is 2.08. The molecule has 0 aliphatic carbocycles. The Labute approximate surface area is 113 Å². The van der Waals surface area contributed by atoms with Gasteiger partial charge >= 0.3 is 0 Å². The quantitative estimate of drug-likeness (QED) is 0.711. The van der Waals surface area contributed by atoms with E-state index in [1.54, 1.807) is 12.1 Å². The zero-order valence-corrected chi connectivity index (χ0v) is 11.9. The number of imidazole rings is 1. The highest BCUT2D eigenvalue weighted by atomic mass is 79.9. The van der Waals surface area contributed by atoms with Gasteiger partial charge in [-0.25, -0.2) is 4.98 Å². The molecule has 0 saturated carbocycles. The SMILES string of the molecule is Clc1ccc(-n2cc(Br)nc2Br)c(Cl)c1. The van der Waals surface area contributed by atoms with E-state index in [-0.39, 0.29) is 0 Å². The second-order valence-corrected chi connectivity index (χ2v) is 5.16. The zero-order chi connectivity index (χ0) is 11.0. The Morgan fingerprint density at radius 2 is 1.93 bits per heavy atom. The van der Waals surface area contributed by atoms with Gasteiger partial charge in [0.05, 0.1) is 10.7 Å². The molecule has 0 unspecified atom stereocenters. The number of rotatable bonds is 1. The maximum Gasteiger partial charge on any atom is 0.182 e. The highest BCUT2D eigenvalue weighted by molar-refractivity contribution is 9.11. The normalized spacial score (nSPS) is 10.7.